The summed E-state index contributed by atoms with van der Waals surface area (Å²) in [5, 5.41) is 0. The van der Waals surface area contributed by atoms with Crippen LogP contribution in [0.3, 0.4) is 0 Å². The lowest BCUT2D eigenvalue weighted by Crippen LogP contribution is -2.05. The number of unbranched alkanes of at least 4 members (excludes halogenated alkanes) is 34. The first-order valence-electron chi connectivity index (χ1n) is 31.7. The fraction of sp³-hybridized carbons (Fsp3) is 0.739. The summed E-state index contributed by atoms with van der Waals surface area (Å²) in [6, 6.07) is 14.8. The normalized spacial score (nSPS) is 12.7. The summed E-state index contributed by atoms with van der Waals surface area (Å²) in [6.07, 6.45) is 58.0. The standard InChI is InChI=1S/C69H114N2/c1-7-13-19-24-27-28-29-30-31-32-33-34-35-36-37-38-39-42-47-53-67-66(52-18-12-6)68(64-58-62(50-45-40-25-20-14-8-2)55-63(59-64)51-46-41-26-21-15-9-3)71(70)69(67)65-56-60(48-43-22-16-10-4)54-61(57-65)49-44-23-17-11-5/h54-59H,7-46,48-52H2,1-6H3. The van der Waals surface area contributed by atoms with Gasteiger partial charge in [0, 0.05) is 23.1 Å². The summed E-state index contributed by atoms with van der Waals surface area (Å²) < 4.78 is 1.64. The van der Waals surface area contributed by atoms with E-state index in [4.69, 9.17) is 0 Å². The Kier molecular flexibility index (Phi) is 37.3. The van der Waals surface area contributed by atoms with Gasteiger partial charge in [0.25, 0.3) is 0 Å². The monoisotopic (exact) mass is 971 g/mol. The molecule has 1 heterocycles. The number of rotatable bonds is 46. The molecule has 0 fully saturated rings. The fourth-order valence-electron chi connectivity index (χ4n) is 11.1. The molecule has 0 N–H and O–H groups in total. The Morgan fingerprint density at radius 2 is 0.592 bits per heavy atom. The topological polar surface area (TPSA) is 25.3 Å². The number of hydrogen-bond donors (Lipinski definition) is 0. The molecule has 2 heteroatoms. The second-order valence-corrected chi connectivity index (χ2v) is 22.4. The lowest BCUT2D eigenvalue weighted by molar-refractivity contribution is -0.345. The average molecular weight is 972 g/mol. The van der Waals surface area contributed by atoms with Crippen LogP contribution >= 0.6 is 0 Å². The van der Waals surface area contributed by atoms with Crippen molar-refractivity contribution in [1.29, 1.82) is 0 Å². The van der Waals surface area contributed by atoms with Crippen molar-refractivity contribution in [2.24, 2.45) is 0 Å². The van der Waals surface area contributed by atoms with Crippen LogP contribution in [0.5, 0.6) is 0 Å². The van der Waals surface area contributed by atoms with Gasteiger partial charge in [-0.3, -0.25) is 0 Å². The van der Waals surface area contributed by atoms with E-state index in [0.717, 1.165) is 80.3 Å². The second kappa shape index (κ2) is 42.4. The van der Waals surface area contributed by atoms with Crippen LogP contribution in [-0.4, -0.2) is 4.70 Å². The Hall–Kier alpha value is -2.92. The van der Waals surface area contributed by atoms with Gasteiger partial charge in [-0.25, -0.2) is 4.70 Å². The molecule has 0 radical (unpaired) electrons. The van der Waals surface area contributed by atoms with Crippen LogP contribution in [0.15, 0.2) is 47.5 Å². The molecule has 1 aliphatic rings. The molecule has 0 bridgehead atoms. The number of hydrogen-bond acceptors (Lipinski definition) is 0. The largest absolute Gasteiger partial charge is 0.493 e. The predicted octanol–water partition coefficient (Wildman–Crippen LogP) is 23.1. The van der Waals surface area contributed by atoms with Crippen LogP contribution in [0.25, 0.3) is 16.9 Å². The molecule has 3 rings (SSSR count). The zero-order valence-corrected chi connectivity index (χ0v) is 48.2. The average Bonchev–Trinajstić information content (AvgIpc) is 3.66. The summed E-state index contributed by atoms with van der Waals surface area (Å²) in [4.78, 5) is 0. The van der Waals surface area contributed by atoms with Crippen molar-refractivity contribution in [2.45, 2.75) is 330 Å². The minimum absolute atomic E-state index is 0.924. The number of allylic oxidation sites excluding steroid dienone is 2. The van der Waals surface area contributed by atoms with Gasteiger partial charge in [0.15, 0.2) is 0 Å². The third-order valence-electron chi connectivity index (χ3n) is 15.6. The lowest BCUT2D eigenvalue weighted by Gasteiger charge is -2.15. The number of aryl methyl sites for hydroxylation is 4. The molecule has 2 nitrogen and oxygen atoms in total. The molecule has 0 saturated carbocycles. The second-order valence-electron chi connectivity index (χ2n) is 22.4. The maximum Gasteiger partial charge on any atom is 0.223 e. The Bertz CT molecular complexity index is 1730. The van der Waals surface area contributed by atoms with Crippen molar-refractivity contribution >= 4 is 11.4 Å². The van der Waals surface area contributed by atoms with Gasteiger partial charge in [-0.2, -0.15) is 0 Å². The Labute approximate surface area is 442 Å². The Morgan fingerprint density at radius 3 is 0.930 bits per heavy atom. The van der Waals surface area contributed by atoms with Crippen LogP contribution in [0.4, 0.5) is 0 Å². The van der Waals surface area contributed by atoms with Gasteiger partial charge >= 0.3 is 0 Å². The van der Waals surface area contributed by atoms with Gasteiger partial charge in [-0.15, -0.1) is 0 Å². The number of nitrogens with zero attached hydrogens (tertiary/aromatic N) is 2. The minimum Gasteiger partial charge on any atom is -0.493 e. The van der Waals surface area contributed by atoms with Crippen LogP contribution in [0.1, 0.15) is 338 Å². The number of benzene rings is 2. The molecule has 2 aromatic carbocycles. The molecule has 0 spiro atoms. The van der Waals surface area contributed by atoms with Crippen molar-refractivity contribution in [2.75, 3.05) is 0 Å². The molecule has 0 amide bonds. The zero-order chi connectivity index (χ0) is 50.8. The molecule has 71 heavy (non-hydrogen) atoms. The first kappa shape index (κ1) is 62.4. The van der Waals surface area contributed by atoms with Crippen LogP contribution in [0.2, 0.25) is 0 Å². The molecule has 2 aromatic rings. The van der Waals surface area contributed by atoms with E-state index in [9.17, 15) is 5.53 Å². The first-order chi connectivity index (χ1) is 35.0. The molecule has 1 aliphatic heterocycles. The van der Waals surface area contributed by atoms with Gasteiger partial charge in [0.1, 0.15) is 5.57 Å². The van der Waals surface area contributed by atoms with Gasteiger partial charge in [0.2, 0.25) is 11.4 Å². The van der Waals surface area contributed by atoms with Crippen molar-refractivity contribution in [3.63, 3.8) is 0 Å². The summed E-state index contributed by atoms with van der Waals surface area (Å²) in [6.45, 7) is 13.9. The van der Waals surface area contributed by atoms with E-state index in [1.54, 1.807) is 4.70 Å². The van der Waals surface area contributed by atoms with E-state index in [1.807, 2.05) is 0 Å². The summed E-state index contributed by atoms with van der Waals surface area (Å²) in [7, 11) is 0. The maximum absolute atomic E-state index is 13.0. The highest BCUT2D eigenvalue weighted by molar-refractivity contribution is 5.86. The van der Waals surface area contributed by atoms with Crippen molar-refractivity contribution in [3.8, 4) is 11.8 Å². The van der Waals surface area contributed by atoms with Crippen LogP contribution in [0, 0.1) is 11.8 Å². The van der Waals surface area contributed by atoms with E-state index < -0.39 is 0 Å². The smallest absolute Gasteiger partial charge is 0.223 e. The van der Waals surface area contributed by atoms with E-state index in [-0.39, 0.29) is 0 Å². The predicted molar refractivity (Wildman–Crippen MR) is 316 cm³/mol. The van der Waals surface area contributed by atoms with E-state index in [1.165, 1.54) is 265 Å². The SMILES string of the molecule is CCCCCCCCCCCCCCCCCCCC#CC1=C(c2cc(CCCCCC)cc(CCCCCC)c2)[N+](=[N-])C(c2cc(CCCCCCCC)cc(CCCCCCCC)c2)=C1CCCC. The third-order valence-corrected chi connectivity index (χ3v) is 15.6. The van der Waals surface area contributed by atoms with Gasteiger partial charge in [-0.05, 0) is 117 Å². The zero-order valence-electron chi connectivity index (χ0n) is 48.2. The molecular weight excluding hydrogens is 857 g/mol. The lowest BCUT2D eigenvalue weighted by atomic mass is 9.92. The highest BCUT2D eigenvalue weighted by Crippen LogP contribution is 2.43. The van der Waals surface area contributed by atoms with E-state index in [2.05, 4.69) is 89.8 Å². The molecule has 400 valence electrons. The third kappa shape index (κ3) is 27.3. The molecule has 0 atom stereocenters. The minimum atomic E-state index is 0.924. The van der Waals surface area contributed by atoms with Crippen molar-refractivity contribution < 1.29 is 4.70 Å². The quantitative estimate of drug-likeness (QED) is 0.0359. The molecule has 0 unspecified atom stereocenters. The molecule has 0 aromatic heterocycles. The van der Waals surface area contributed by atoms with Crippen LogP contribution < -0.4 is 0 Å². The van der Waals surface area contributed by atoms with E-state index in [0.29, 0.717) is 0 Å². The Balaban J connectivity index is 1.91. The summed E-state index contributed by atoms with van der Waals surface area (Å²) in [5.41, 5.74) is 25.3. The Morgan fingerprint density at radius 1 is 0.310 bits per heavy atom. The van der Waals surface area contributed by atoms with Crippen molar-refractivity contribution in [3.05, 3.63) is 86.5 Å². The first-order valence-corrected chi connectivity index (χ1v) is 31.7. The van der Waals surface area contributed by atoms with Gasteiger partial charge in [-0.1, -0.05) is 277 Å². The molecular formula is C69H114N2. The van der Waals surface area contributed by atoms with Gasteiger partial charge in [0.05, 0.1) is 0 Å². The van der Waals surface area contributed by atoms with Gasteiger partial charge < -0.3 is 5.53 Å². The summed E-state index contributed by atoms with van der Waals surface area (Å²) >= 11 is 0. The van der Waals surface area contributed by atoms with Crippen molar-refractivity contribution in [1.82, 2.24) is 0 Å². The fourth-order valence-corrected chi connectivity index (χ4v) is 11.1. The van der Waals surface area contributed by atoms with E-state index >= 15 is 0 Å². The maximum atomic E-state index is 13.0. The molecule has 0 aliphatic carbocycles. The highest BCUT2D eigenvalue weighted by Gasteiger charge is 2.36. The van der Waals surface area contributed by atoms with Crippen LogP contribution in [-0.2, 0) is 25.7 Å². The summed E-state index contributed by atoms with van der Waals surface area (Å²) in [5.74, 6) is 7.59. The molecule has 0 saturated heterocycles. The highest BCUT2D eigenvalue weighted by atomic mass is 15.2.